The van der Waals surface area contributed by atoms with Gasteiger partial charge < -0.3 is 0 Å². The molecule has 0 radical (unpaired) electrons. The van der Waals surface area contributed by atoms with E-state index in [1.807, 2.05) is 6.08 Å². The number of benzene rings is 1. The van der Waals surface area contributed by atoms with E-state index in [1.54, 1.807) is 30.0 Å². The maximum Gasteiger partial charge on any atom is 0.152 e. The Morgan fingerprint density at radius 3 is 2.67 bits per heavy atom. The molecule has 0 atom stereocenters. The zero-order valence-electron chi connectivity index (χ0n) is 8.57. The van der Waals surface area contributed by atoms with Crippen LogP contribution in [0.1, 0.15) is 13.3 Å². The molecule has 1 rings (SSSR count). The molecular weight excluding hydrogens is 211 g/mol. The largest absolute Gasteiger partial charge is 0.295 e. The zero-order valence-corrected chi connectivity index (χ0v) is 9.39. The van der Waals surface area contributed by atoms with Gasteiger partial charge in [0.2, 0.25) is 0 Å². The van der Waals surface area contributed by atoms with E-state index in [2.05, 4.69) is 0 Å². The summed E-state index contributed by atoms with van der Waals surface area (Å²) in [5.41, 5.74) is 0. The number of carbonyl (C=O) groups excluding carboxylic acids is 1. The Balaban J connectivity index is 2.26. The molecule has 0 bridgehead atoms. The summed E-state index contributed by atoms with van der Waals surface area (Å²) in [5, 5.41) is 0. The Bertz CT molecular complexity index is 343. The van der Waals surface area contributed by atoms with Gasteiger partial charge in [-0.15, -0.1) is 11.8 Å². The second-order valence-electron chi connectivity index (χ2n) is 3.10. The molecule has 0 amide bonds. The van der Waals surface area contributed by atoms with Crippen molar-refractivity contribution in [2.75, 3.05) is 5.75 Å². The maximum atomic E-state index is 12.6. The molecule has 0 aliphatic heterocycles. The van der Waals surface area contributed by atoms with Gasteiger partial charge in [0, 0.05) is 10.6 Å². The standard InChI is InChI=1S/C12H13FOS/c1-10(14)4-2-3-9-15-12-7-5-11(13)6-8-12/h2,4-8H,3,9H2,1H3/b4-2+. The first-order valence-corrected chi connectivity index (χ1v) is 5.72. The Kier molecular flexibility index (Phi) is 5.12. The number of thioether (sulfide) groups is 1. The maximum absolute atomic E-state index is 12.6. The highest BCUT2D eigenvalue weighted by Crippen LogP contribution is 2.18. The number of allylic oxidation sites excluding steroid dienone is 2. The molecule has 0 heterocycles. The van der Waals surface area contributed by atoms with Gasteiger partial charge in [0.25, 0.3) is 0 Å². The summed E-state index contributed by atoms with van der Waals surface area (Å²) >= 11 is 1.65. The van der Waals surface area contributed by atoms with Crippen molar-refractivity contribution in [1.29, 1.82) is 0 Å². The molecule has 3 heteroatoms. The van der Waals surface area contributed by atoms with Gasteiger partial charge in [-0.25, -0.2) is 4.39 Å². The van der Waals surface area contributed by atoms with E-state index in [4.69, 9.17) is 0 Å². The molecule has 0 saturated carbocycles. The summed E-state index contributed by atoms with van der Waals surface area (Å²) in [4.78, 5) is 11.6. The number of carbonyl (C=O) groups is 1. The smallest absolute Gasteiger partial charge is 0.152 e. The lowest BCUT2D eigenvalue weighted by Crippen LogP contribution is -1.82. The first-order valence-electron chi connectivity index (χ1n) is 4.74. The molecule has 15 heavy (non-hydrogen) atoms. The predicted molar refractivity (Wildman–Crippen MR) is 61.6 cm³/mol. The summed E-state index contributed by atoms with van der Waals surface area (Å²) < 4.78 is 12.6. The topological polar surface area (TPSA) is 17.1 Å². The third kappa shape index (κ3) is 5.37. The molecule has 1 nitrogen and oxygen atoms in total. The van der Waals surface area contributed by atoms with Gasteiger partial charge in [0.15, 0.2) is 5.78 Å². The summed E-state index contributed by atoms with van der Waals surface area (Å²) in [6.45, 7) is 1.53. The number of hydrogen-bond donors (Lipinski definition) is 0. The van der Waals surface area contributed by atoms with Gasteiger partial charge in [-0.05, 0) is 43.7 Å². The van der Waals surface area contributed by atoms with Gasteiger partial charge in [0.05, 0.1) is 0 Å². The van der Waals surface area contributed by atoms with Crippen molar-refractivity contribution in [2.45, 2.75) is 18.2 Å². The minimum atomic E-state index is -0.212. The van der Waals surface area contributed by atoms with Crippen LogP contribution in [0.25, 0.3) is 0 Å². The fourth-order valence-electron chi connectivity index (χ4n) is 1.02. The van der Waals surface area contributed by atoms with Crippen LogP contribution in [0.15, 0.2) is 41.3 Å². The van der Waals surface area contributed by atoms with Crippen LogP contribution in [-0.4, -0.2) is 11.5 Å². The minimum absolute atomic E-state index is 0.0711. The van der Waals surface area contributed by atoms with Gasteiger partial charge in [0.1, 0.15) is 5.82 Å². The average Bonchev–Trinajstić information content (AvgIpc) is 2.20. The lowest BCUT2D eigenvalue weighted by molar-refractivity contribution is -0.112. The van der Waals surface area contributed by atoms with Crippen molar-refractivity contribution in [3.05, 3.63) is 42.2 Å². The second kappa shape index (κ2) is 6.40. The molecule has 0 saturated heterocycles. The van der Waals surface area contributed by atoms with E-state index < -0.39 is 0 Å². The highest BCUT2D eigenvalue weighted by atomic mass is 32.2. The quantitative estimate of drug-likeness (QED) is 0.433. The van der Waals surface area contributed by atoms with E-state index in [-0.39, 0.29) is 11.6 Å². The monoisotopic (exact) mass is 224 g/mol. The molecule has 0 N–H and O–H groups in total. The van der Waals surface area contributed by atoms with Crippen LogP contribution >= 0.6 is 11.8 Å². The summed E-state index contributed by atoms with van der Waals surface area (Å²) in [6, 6.07) is 6.42. The van der Waals surface area contributed by atoms with Crippen LogP contribution in [0, 0.1) is 5.82 Å². The second-order valence-corrected chi connectivity index (χ2v) is 4.27. The summed E-state index contributed by atoms with van der Waals surface area (Å²) in [7, 11) is 0. The molecule has 1 aromatic rings. The van der Waals surface area contributed by atoms with Crippen molar-refractivity contribution < 1.29 is 9.18 Å². The molecule has 0 fully saturated rings. The van der Waals surface area contributed by atoms with E-state index >= 15 is 0 Å². The number of rotatable bonds is 5. The molecule has 80 valence electrons. The van der Waals surface area contributed by atoms with E-state index in [1.165, 1.54) is 19.1 Å². The molecule has 0 aliphatic carbocycles. The van der Waals surface area contributed by atoms with Gasteiger partial charge in [-0.2, -0.15) is 0 Å². The molecule has 1 aromatic carbocycles. The van der Waals surface area contributed by atoms with Crippen LogP contribution in [0.5, 0.6) is 0 Å². The highest BCUT2D eigenvalue weighted by Gasteiger charge is 1.93. The van der Waals surface area contributed by atoms with Crippen LogP contribution in [-0.2, 0) is 4.79 Å². The normalized spacial score (nSPS) is 10.8. The number of ketones is 1. The number of halogens is 1. The first-order chi connectivity index (χ1) is 7.18. The van der Waals surface area contributed by atoms with Crippen LogP contribution in [0.3, 0.4) is 0 Å². The van der Waals surface area contributed by atoms with Crippen molar-refractivity contribution in [1.82, 2.24) is 0 Å². The Hall–Kier alpha value is -1.09. The summed E-state index contributed by atoms with van der Waals surface area (Å²) in [5.74, 6) is 0.757. The van der Waals surface area contributed by atoms with Crippen molar-refractivity contribution >= 4 is 17.5 Å². The molecule has 0 spiro atoms. The van der Waals surface area contributed by atoms with E-state index in [9.17, 15) is 9.18 Å². The molecule has 0 aliphatic rings. The first kappa shape index (κ1) is 12.0. The third-order valence-corrected chi connectivity index (χ3v) is 2.76. The molecular formula is C12H13FOS. The summed E-state index contributed by atoms with van der Waals surface area (Å²) in [6.07, 6.45) is 4.28. The lowest BCUT2D eigenvalue weighted by atomic mass is 10.3. The fourth-order valence-corrected chi connectivity index (χ4v) is 1.84. The van der Waals surface area contributed by atoms with Crippen molar-refractivity contribution in [2.24, 2.45) is 0 Å². The number of hydrogen-bond acceptors (Lipinski definition) is 2. The molecule has 0 unspecified atom stereocenters. The van der Waals surface area contributed by atoms with Crippen LogP contribution < -0.4 is 0 Å². The van der Waals surface area contributed by atoms with E-state index in [0.717, 1.165) is 17.1 Å². The van der Waals surface area contributed by atoms with Crippen LogP contribution in [0.2, 0.25) is 0 Å². The Morgan fingerprint density at radius 2 is 2.07 bits per heavy atom. The fraction of sp³-hybridized carbons (Fsp3) is 0.250. The minimum Gasteiger partial charge on any atom is -0.295 e. The SMILES string of the molecule is CC(=O)/C=C/CCSc1ccc(F)cc1. The average molecular weight is 224 g/mol. The molecule has 0 aromatic heterocycles. The van der Waals surface area contributed by atoms with Gasteiger partial charge in [-0.1, -0.05) is 6.08 Å². The van der Waals surface area contributed by atoms with Crippen molar-refractivity contribution in [3.63, 3.8) is 0 Å². The lowest BCUT2D eigenvalue weighted by Gasteiger charge is -1.98. The predicted octanol–water partition coefficient (Wildman–Crippen LogP) is 3.45. The van der Waals surface area contributed by atoms with E-state index in [0.29, 0.717) is 0 Å². The Labute approximate surface area is 93.4 Å². The van der Waals surface area contributed by atoms with Gasteiger partial charge in [-0.3, -0.25) is 4.79 Å². The van der Waals surface area contributed by atoms with Gasteiger partial charge >= 0.3 is 0 Å². The Morgan fingerprint density at radius 1 is 1.40 bits per heavy atom. The van der Waals surface area contributed by atoms with Crippen LogP contribution in [0.4, 0.5) is 4.39 Å². The third-order valence-electron chi connectivity index (χ3n) is 1.72. The van der Waals surface area contributed by atoms with Crippen molar-refractivity contribution in [3.8, 4) is 0 Å². The highest BCUT2D eigenvalue weighted by molar-refractivity contribution is 7.99. The zero-order chi connectivity index (χ0) is 11.1.